The van der Waals surface area contributed by atoms with Crippen molar-refractivity contribution in [3.8, 4) is 0 Å². The third-order valence-corrected chi connectivity index (χ3v) is 1.03. The van der Waals surface area contributed by atoms with Gasteiger partial charge in [-0.2, -0.15) is 13.8 Å². The van der Waals surface area contributed by atoms with Crippen LogP contribution in [-0.4, -0.2) is 4.98 Å². The van der Waals surface area contributed by atoms with Crippen LogP contribution in [0.15, 0.2) is 0 Å². The molecule has 1 rings (SSSR count). The van der Waals surface area contributed by atoms with Gasteiger partial charge in [0.2, 0.25) is 5.95 Å². The van der Waals surface area contributed by atoms with Gasteiger partial charge in [-0.1, -0.05) is 11.6 Å². The van der Waals surface area contributed by atoms with Gasteiger partial charge in [-0.15, -0.1) is 0 Å². The van der Waals surface area contributed by atoms with Crippen LogP contribution in [-0.2, 0) is 0 Å². The Labute approximate surface area is 59.5 Å². The van der Waals surface area contributed by atoms with Gasteiger partial charge in [-0.05, 0) is 0 Å². The molecular formula is C5ClF3N. The van der Waals surface area contributed by atoms with Gasteiger partial charge in [0.25, 0.3) is 5.95 Å². The van der Waals surface area contributed by atoms with E-state index < -0.39 is 22.7 Å². The molecule has 1 aromatic rings. The van der Waals surface area contributed by atoms with Crippen molar-refractivity contribution < 1.29 is 13.2 Å². The topological polar surface area (TPSA) is 12.9 Å². The fourth-order valence-corrected chi connectivity index (χ4v) is 0.509. The van der Waals surface area contributed by atoms with Gasteiger partial charge in [0.15, 0.2) is 5.82 Å². The summed E-state index contributed by atoms with van der Waals surface area (Å²) in [6, 6.07) is 1.59. The summed E-state index contributed by atoms with van der Waals surface area (Å²) in [5, 5.41) is -0.654. The van der Waals surface area contributed by atoms with Crippen LogP contribution in [0.3, 0.4) is 0 Å². The van der Waals surface area contributed by atoms with Crippen molar-refractivity contribution in [2.75, 3.05) is 0 Å². The third-order valence-electron chi connectivity index (χ3n) is 0.778. The molecule has 1 aromatic heterocycles. The van der Waals surface area contributed by atoms with Crippen molar-refractivity contribution in [3.63, 3.8) is 0 Å². The molecule has 1 nitrogen and oxygen atoms in total. The predicted molar refractivity (Wildman–Crippen MR) is 28.0 cm³/mol. The number of halogens is 4. The number of nitrogens with zero attached hydrogens (tertiary/aromatic N) is 1. The maximum Gasteiger partial charge on any atom is 0.252 e. The first kappa shape index (κ1) is 7.34. The van der Waals surface area contributed by atoms with Crippen LogP contribution in [0.1, 0.15) is 0 Å². The molecule has 0 unspecified atom stereocenters. The highest BCUT2D eigenvalue weighted by Gasteiger charge is 2.09. The minimum Gasteiger partial charge on any atom is -0.201 e. The lowest BCUT2D eigenvalue weighted by molar-refractivity contribution is 0.446. The molecule has 0 fully saturated rings. The molecule has 10 heavy (non-hydrogen) atoms. The van der Waals surface area contributed by atoms with Crippen LogP contribution in [0.4, 0.5) is 13.2 Å². The Kier molecular flexibility index (Phi) is 1.80. The van der Waals surface area contributed by atoms with E-state index in [1.54, 1.807) is 6.07 Å². The largest absolute Gasteiger partial charge is 0.252 e. The number of hydrogen-bond donors (Lipinski definition) is 0. The summed E-state index contributed by atoms with van der Waals surface area (Å²) in [5.74, 6) is -4.19. The molecule has 0 atom stereocenters. The third kappa shape index (κ3) is 1.21. The monoisotopic (exact) mass is 166 g/mol. The highest BCUT2D eigenvalue weighted by Crippen LogP contribution is 2.13. The zero-order valence-electron chi connectivity index (χ0n) is 4.46. The molecule has 0 amide bonds. The van der Waals surface area contributed by atoms with Gasteiger partial charge in [0, 0.05) is 0 Å². The van der Waals surface area contributed by atoms with E-state index in [-0.39, 0.29) is 0 Å². The Hall–Kier alpha value is -0.770. The normalized spacial score (nSPS) is 10.0. The van der Waals surface area contributed by atoms with E-state index in [1.807, 2.05) is 0 Å². The van der Waals surface area contributed by atoms with E-state index in [0.29, 0.717) is 0 Å². The fourth-order valence-electron chi connectivity index (χ4n) is 0.384. The minimum absolute atomic E-state index is 0.654. The van der Waals surface area contributed by atoms with Gasteiger partial charge in [0.1, 0.15) is 5.02 Å². The molecule has 0 aliphatic carbocycles. The smallest absolute Gasteiger partial charge is 0.201 e. The van der Waals surface area contributed by atoms with Crippen LogP contribution >= 0.6 is 11.6 Å². The van der Waals surface area contributed by atoms with E-state index in [0.717, 1.165) is 0 Å². The zero-order valence-corrected chi connectivity index (χ0v) is 5.22. The van der Waals surface area contributed by atoms with Gasteiger partial charge in [0.05, 0.1) is 6.07 Å². The molecule has 0 N–H and O–H groups in total. The first-order chi connectivity index (χ1) is 4.61. The second kappa shape index (κ2) is 2.46. The molecule has 53 valence electrons. The summed E-state index contributed by atoms with van der Waals surface area (Å²) in [6.07, 6.45) is 0. The van der Waals surface area contributed by atoms with Crippen molar-refractivity contribution >= 4 is 11.6 Å². The fraction of sp³-hybridized carbons (Fsp3) is 0. The molecule has 1 radical (unpaired) electrons. The Morgan fingerprint density at radius 2 is 1.80 bits per heavy atom. The molecule has 0 spiro atoms. The van der Waals surface area contributed by atoms with Crippen LogP contribution < -0.4 is 0 Å². The van der Waals surface area contributed by atoms with Crippen LogP contribution in [0.25, 0.3) is 0 Å². The van der Waals surface area contributed by atoms with Crippen LogP contribution in [0.5, 0.6) is 0 Å². The second-order valence-corrected chi connectivity index (χ2v) is 1.82. The molecule has 1 heterocycles. The number of hydrogen-bond acceptors (Lipinski definition) is 1. The average Bonchev–Trinajstić information content (AvgIpc) is 1.84. The lowest BCUT2D eigenvalue weighted by Crippen LogP contribution is -1.93. The van der Waals surface area contributed by atoms with Crippen molar-refractivity contribution in [2.24, 2.45) is 0 Å². The molecule has 0 saturated carbocycles. The highest BCUT2D eigenvalue weighted by atomic mass is 35.5. The summed E-state index contributed by atoms with van der Waals surface area (Å²) < 4.78 is 36.0. The first-order valence-corrected chi connectivity index (χ1v) is 2.58. The second-order valence-electron chi connectivity index (χ2n) is 1.45. The quantitative estimate of drug-likeness (QED) is 0.537. The molecule has 0 aromatic carbocycles. The van der Waals surface area contributed by atoms with E-state index in [9.17, 15) is 13.2 Å². The summed E-state index contributed by atoms with van der Waals surface area (Å²) >= 11 is 4.99. The molecule has 0 saturated heterocycles. The maximum atomic E-state index is 12.1. The Balaban J connectivity index is 3.28. The van der Waals surface area contributed by atoms with E-state index >= 15 is 0 Å². The minimum atomic E-state index is -1.54. The summed E-state index contributed by atoms with van der Waals surface area (Å²) in [7, 11) is 0. The Bertz CT molecular complexity index is 213. The van der Waals surface area contributed by atoms with Crippen molar-refractivity contribution in [3.05, 3.63) is 28.8 Å². The molecule has 0 bridgehead atoms. The van der Waals surface area contributed by atoms with Gasteiger partial charge >= 0.3 is 0 Å². The predicted octanol–water partition coefficient (Wildman–Crippen LogP) is 1.95. The average molecular weight is 167 g/mol. The standard InChI is InChI=1S/C5ClF3N/c6-2-1-3(7)5(9)10-4(2)8. The molecule has 0 aliphatic rings. The highest BCUT2D eigenvalue weighted by molar-refractivity contribution is 6.30. The van der Waals surface area contributed by atoms with Crippen LogP contribution in [0, 0.1) is 23.8 Å². The summed E-state index contributed by atoms with van der Waals surface area (Å²) in [4.78, 5) is 2.50. The van der Waals surface area contributed by atoms with E-state index in [2.05, 4.69) is 4.98 Å². The molecule has 0 aliphatic heterocycles. The Morgan fingerprint density at radius 1 is 1.20 bits per heavy atom. The Morgan fingerprint density at radius 3 is 2.30 bits per heavy atom. The number of aromatic nitrogens is 1. The maximum absolute atomic E-state index is 12.1. The SMILES string of the molecule is Fc1[c]c(Cl)c(F)nc1F. The lowest BCUT2D eigenvalue weighted by atomic mass is 10.5. The molecular weight excluding hydrogens is 167 g/mol. The van der Waals surface area contributed by atoms with Gasteiger partial charge in [-0.3, -0.25) is 0 Å². The zero-order chi connectivity index (χ0) is 7.72. The van der Waals surface area contributed by atoms with E-state index in [1.165, 1.54) is 0 Å². The van der Waals surface area contributed by atoms with Crippen molar-refractivity contribution in [1.29, 1.82) is 0 Å². The summed E-state index contributed by atoms with van der Waals surface area (Å²) in [5.41, 5.74) is 0. The van der Waals surface area contributed by atoms with Crippen molar-refractivity contribution in [2.45, 2.75) is 0 Å². The number of pyridine rings is 1. The number of rotatable bonds is 0. The summed E-state index contributed by atoms with van der Waals surface area (Å²) in [6.45, 7) is 0. The lowest BCUT2D eigenvalue weighted by Gasteiger charge is -1.91. The van der Waals surface area contributed by atoms with Gasteiger partial charge in [-0.25, -0.2) is 4.39 Å². The van der Waals surface area contributed by atoms with Crippen molar-refractivity contribution in [1.82, 2.24) is 4.98 Å². The van der Waals surface area contributed by atoms with E-state index in [4.69, 9.17) is 11.6 Å². The molecule has 5 heteroatoms. The van der Waals surface area contributed by atoms with Crippen LogP contribution in [0.2, 0.25) is 5.02 Å². The van der Waals surface area contributed by atoms with Gasteiger partial charge < -0.3 is 0 Å². The first-order valence-electron chi connectivity index (χ1n) is 2.20.